The zero-order valence-corrected chi connectivity index (χ0v) is 15.4. The molecule has 1 N–H and O–H groups in total. The van der Waals surface area contributed by atoms with Crippen LogP contribution in [0.2, 0.25) is 0 Å². The zero-order valence-electron chi connectivity index (χ0n) is 15.4. The van der Waals surface area contributed by atoms with Crippen molar-refractivity contribution in [1.29, 1.82) is 0 Å². The summed E-state index contributed by atoms with van der Waals surface area (Å²) in [5.41, 5.74) is 0.533. The number of hydrogen-bond donors (Lipinski definition) is 1. The fourth-order valence-electron chi connectivity index (χ4n) is 2.98. The van der Waals surface area contributed by atoms with Crippen LogP contribution < -0.4 is 10.9 Å². The molecule has 0 unspecified atom stereocenters. The van der Waals surface area contributed by atoms with Gasteiger partial charge in [0.05, 0.1) is 24.9 Å². The van der Waals surface area contributed by atoms with Crippen molar-refractivity contribution in [3.63, 3.8) is 0 Å². The number of nitrogens with zero attached hydrogens (tertiary/aromatic N) is 5. The third-order valence-electron chi connectivity index (χ3n) is 4.58. The van der Waals surface area contributed by atoms with Crippen LogP contribution in [-0.2, 0) is 11.3 Å². The van der Waals surface area contributed by atoms with Crippen molar-refractivity contribution in [1.82, 2.24) is 30.0 Å². The first-order valence-corrected chi connectivity index (χ1v) is 9.07. The lowest BCUT2D eigenvalue weighted by atomic mass is 9.98. The normalized spacial score (nSPS) is 13.7. The molecule has 0 spiro atoms. The first-order valence-electron chi connectivity index (χ1n) is 9.07. The van der Waals surface area contributed by atoms with Gasteiger partial charge in [-0.25, -0.2) is 9.67 Å². The minimum absolute atomic E-state index is 0.163. The van der Waals surface area contributed by atoms with Crippen LogP contribution >= 0.6 is 0 Å². The van der Waals surface area contributed by atoms with Crippen LogP contribution in [0.1, 0.15) is 10.5 Å². The molecule has 0 atom stereocenters. The van der Waals surface area contributed by atoms with Crippen molar-refractivity contribution in [2.75, 3.05) is 19.6 Å². The average molecular weight is 394 g/mol. The largest absolute Gasteiger partial charge is 0.463 e. The fourth-order valence-corrected chi connectivity index (χ4v) is 2.98. The monoisotopic (exact) mass is 394 g/mol. The van der Waals surface area contributed by atoms with E-state index in [2.05, 4.69) is 20.4 Å². The van der Waals surface area contributed by atoms with Crippen LogP contribution in [-0.4, -0.2) is 56.1 Å². The van der Waals surface area contributed by atoms with Gasteiger partial charge in [-0.15, -0.1) is 0 Å². The van der Waals surface area contributed by atoms with Gasteiger partial charge in [-0.1, -0.05) is 0 Å². The van der Waals surface area contributed by atoms with Gasteiger partial charge in [0, 0.05) is 38.1 Å². The summed E-state index contributed by atoms with van der Waals surface area (Å²) < 4.78 is 6.56. The Labute approximate surface area is 165 Å². The molecule has 0 saturated carbocycles. The molecule has 10 nitrogen and oxygen atoms in total. The first-order chi connectivity index (χ1) is 14.1. The number of carbonyl (C=O) groups is 2. The smallest absolute Gasteiger partial charge is 0.274 e. The highest BCUT2D eigenvalue weighted by atomic mass is 16.3. The van der Waals surface area contributed by atoms with Crippen LogP contribution in [0, 0.1) is 5.92 Å². The standard InChI is InChI=1S/C19H18N6O4/c26-17-4-3-14(16-2-1-9-29-16)23-25(17)8-7-22-18(27)13-11-24(12-13)19(28)15-10-20-5-6-21-15/h1-6,9-10,13H,7-8,11-12H2,(H,22,27). The molecule has 4 heterocycles. The summed E-state index contributed by atoms with van der Waals surface area (Å²) in [6, 6.07) is 6.50. The predicted molar refractivity (Wildman–Crippen MR) is 101 cm³/mol. The van der Waals surface area contributed by atoms with Gasteiger partial charge in [0.15, 0.2) is 5.76 Å². The number of nitrogens with one attached hydrogen (secondary N) is 1. The van der Waals surface area contributed by atoms with E-state index in [1.807, 2.05) is 0 Å². The first kappa shape index (κ1) is 18.5. The number of furan rings is 1. The van der Waals surface area contributed by atoms with E-state index < -0.39 is 0 Å². The van der Waals surface area contributed by atoms with E-state index >= 15 is 0 Å². The summed E-state index contributed by atoms with van der Waals surface area (Å²) in [4.78, 5) is 45.8. The molecule has 0 radical (unpaired) electrons. The topological polar surface area (TPSA) is 123 Å². The Morgan fingerprint density at radius 2 is 2.07 bits per heavy atom. The van der Waals surface area contributed by atoms with E-state index in [0.717, 1.165) is 0 Å². The van der Waals surface area contributed by atoms with Gasteiger partial charge in [-0.3, -0.25) is 19.4 Å². The number of aromatic nitrogens is 4. The highest BCUT2D eigenvalue weighted by Crippen LogP contribution is 2.18. The summed E-state index contributed by atoms with van der Waals surface area (Å²) in [5, 5.41) is 7.04. The highest BCUT2D eigenvalue weighted by Gasteiger charge is 2.36. The number of carbonyl (C=O) groups excluding carboxylic acids is 2. The summed E-state index contributed by atoms with van der Waals surface area (Å²) >= 11 is 0. The molecule has 10 heteroatoms. The van der Waals surface area contributed by atoms with Gasteiger partial charge in [-0.05, 0) is 18.2 Å². The molecule has 0 bridgehead atoms. The maximum Gasteiger partial charge on any atom is 0.274 e. The molecule has 1 aliphatic rings. The Balaban J connectivity index is 1.27. The Morgan fingerprint density at radius 1 is 1.21 bits per heavy atom. The second kappa shape index (κ2) is 8.05. The van der Waals surface area contributed by atoms with Crippen LogP contribution in [0.3, 0.4) is 0 Å². The highest BCUT2D eigenvalue weighted by molar-refractivity contribution is 5.94. The molecule has 1 saturated heterocycles. The van der Waals surface area contributed by atoms with Crippen molar-refractivity contribution in [2.45, 2.75) is 6.54 Å². The van der Waals surface area contributed by atoms with Crippen molar-refractivity contribution >= 4 is 11.8 Å². The molecule has 0 aliphatic carbocycles. The van der Waals surface area contributed by atoms with Crippen LogP contribution in [0.5, 0.6) is 0 Å². The lowest BCUT2D eigenvalue weighted by molar-refractivity contribution is -0.129. The SMILES string of the molecule is O=C(NCCn1nc(-c2ccco2)ccc1=O)C1CN(C(=O)c2cnccn2)C1. The molecule has 2 amide bonds. The predicted octanol–water partition coefficient (Wildman–Crippen LogP) is 0.182. The molecule has 3 aromatic heterocycles. The molecule has 3 aromatic rings. The summed E-state index contributed by atoms with van der Waals surface area (Å²) in [6.07, 6.45) is 5.88. The number of likely N-dealkylation sites (tertiary alicyclic amines) is 1. The average Bonchev–Trinajstić information content (AvgIpc) is 3.24. The van der Waals surface area contributed by atoms with E-state index in [9.17, 15) is 14.4 Å². The third-order valence-corrected chi connectivity index (χ3v) is 4.58. The van der Waals surface area contributed by atoms with Crippen LogP contribution in [0.4, 0.5) is 0 Å². The summed E-state index contributed by atoms with van der Waals surface area (Å²) in [7, 11) is 0. The van der Waals surface area contributed by atoms with Crippen molar-refractivity contribution in [3.05, 3.63) is 65.2 Å². The van der Waals surface area contributed by atoms with Gasteiger partial charge in [0.1, 0.15) is 11.4 Å². The Kier molecular flexibility index (Phi) is 5.14. The zero-order chi connectivity index (χ0) is 20.2. The Morgan fingerprint density at radius 3 is 2.79 bits per heavy atom. The van der Waals surface area contributed by atoms with Crippen molar-refractivity contribution < 1.29 is 14.0 Å². The molecule has 1 fully saturated rings. The second-order valence-corrected chi connectivity index (χ2v) is 6.55. The lowest BCUT2D eigenvalue weighted by Crippen LogP contribution is -2.56. The Hall–Kier alpha value is -3.82. The quantitative estimate of drug-likeness (QED) is 0.633. The van der Waals surface area contributed by atoms with Crippen LogP contribution in [0.25, 0.3) is 11.5 Å². The van der Waals surface area contributed by atoms with Gasteiger partial charge in [0.2, 0.25) is 5.91 Å². The lowest BCUT2D eigenvalue weighted by Gasteiger charge is -2.37. The van der Waals surface area contributed by atoms with E-state index in [0.29, 0.717) is 24.5 Å². The van der Waals surface area contributed by atoms with Gasteiger partial charge in [0.25, 0.3) is 11.5 Å². The fraction of sp³-hybridized carbons (Fsp3) is 0.263. The maximum absolute atomic E-state index is 12.3. The minimum Gasteiger partial charge on any atom is -0.463 e. The molecule has 148 valence electrons. The van der Waals surface area contributed by atoms with E-state index in [4.69, 9.17) is 4.42 Å². The van der Waals surface area contributed by atoms with E-state index in [1.54, 1.807) is 23.1 Å². The Bertz CT molecular complexity index is 1060. The molecular weight excluding hydrogens is 376 g/mol. The molecular formula is C19H18N6O4. The van der Waals surface area contributed by atoms with Crippen LogP contribution in [0.15, 0.2) is 58.3 Å². The van der Waals surface area contributed by atoms with Crippen molar-refractivity contribution in [3.8, 4) is 11.5 Å². The molecule has 0 aromatic carbocycles. The number of amides is 2. The summed E-state index contributed by atoms with van der Waals surface area (Å²) in [5.74, 6) is -0.129. The maximum atomic E-state index is 12.3. The van der Waals surface area contributed by atoms with E-state index in [-0.39, 0.29) is 42.1 Å². The van der Waals surface area contributed by atoms with E-state index in [1.165, 1.54) is 35.6 Å². The van der Waals surface area contributed by atoms with Gasteiger partial charge < -0.3 is 14.6 Å². The van der Waals surface area contributed by atoms with Gasteiger partial charge in [-0.2, -0.15) is 5.10 Å². The van der Waals surface area contributed by atoms with Crippen molar-refractivity contribution in [2.24, 2.45) is 5.92 Å². The van der Waals surface area contributed by atoms with Gasteiger partial charge >= 0.3 is 0 Å². The summed E-state index contributed by atoms with van der Waals surface area (Å²) in [6.45, 7) is 1.14. The second-order valence-electron chi connectivity index (χ2n) is 6.55. The molecule has 1 aliphatic heterocycles. The molecule has 4 rings (SSSR count). The minimum atomic E-state index is -0.283. The third kappa shape index (κ3) is 4.05. The number of hydrogen-bond acceptors (Lipinski definition) is 7. The molecule has 29 heavy (non-hydrogen) atoms. The number of rotatable bonds is 6.